The van der Waals surface area contributed by atoms with E-state index < -0.39 is 0 Å². The van der Waals surface area contributed by atoms with Gasteiger partial charge in [-0.1, -0.05) is 0 Å². The molecule has 0 unspecified atom stereocenters. The van der Waals surface area contributed by atoms with Gasteiger partial charge in [-0.3, -0.25) is 0 Å². The molecule has 0 amide bonds. The summed E-state index contributed by atoms with van der Waals surface area (Å²) in [7, 11) is 3.19. The van der Waals surface area contributed by atoms with E-state index in [1.54, 1.807) is 34.3 Å². The zero-order chi connectivity index (χ0) is 6.10. The van der Waals surface area contributed by atoms with Crippen molar-refractivity contribution >= 4 is 27.5 Å². The van der Waals surface area contributed by atoms with E-state index in [0.717, 1.165) is 10.7 Å². The summed E-state index contributed by atoms with van der Waals surface area (Å²) in [6.07, 6.45) is 3.33. The highest BCUT2D eigenvalue weighted by atomic mass is 33.1. The van der Waals surface area contributed by atoms with Gasteiger partial charge in [0.2, 0.25) is 0 Å². The summed E-state index contributed by atoms with van der Waals surface area (Å²) in [6.45, 7) is 0. The van der Waals surface area contributed by atoms with Crippen LogP contribution in [0, 0.1) is 0 Å². The number of rotatable bonds is 0. The lowest BCUT2D eigenvalue weighted by molar-refractivity contribution is 1.06. The minimum absolute atomic E-state index is 1.02. The number of anilines is 1. The summed E-state index contributed by atoms with van der Waals surface area (Å²) >= 11 is 0. The van der Waals surface area contributed by atoms with E-state index in [1.165, 1.54) is 0 Å². The monoisotopic (exact) mass is 157 g/mol. The Morgan fingerprint density at radius 3 is 3.44 bits per heavy atom. The number of nitrogens with zero attached hydrogens (tertiary/aromatic N) is 2. The first-order valence-corrected chi connectivity index (χ1v) is 4.51. The normalized spacial score (nSPS) is 14.7. The molecule has 0 spiro atoms. The number of fused-ring (bicyclic) bond motifs is 1. The predicted octanol–water partition coefficient (Wildman–Crippen LogP) is 1.56. The fraction of sp³-hybridized carbons (Fsp3) is 0. The Balaban J connectivity index is 2.54. The van der Waals surface area contributed by atoms with Crippen molar-refractivity contribution in [3.8, 4) is 0 Å². The fourth-order valence-electron chi connectivity index (χ4n) is 0.560. The highest BCUT2D eigenvalue weighted by Gasteiger charge is 2.11. The molecule has 5 heteroatoms. The summed E-state index contributed by atoms with van der Waals surface area (Å²) in [5.74, 6) is 0. The van der Waals surface area contributed by atoms with E-state index in [2.05, 4.69) is 14.7 Å². The SMILES string of the molecule is c1ncc2c(n1)SSN2. The molecule has 3 nitrogen and oxygen atoms in total. The van der Waals surface area contributed by atoms with Crippen molar-refractivity contribution in [2.75, 3.05) is 4.72 Å². The van der Waals surface area contributed by atoms with Crippen molar-refractivity contribution in [3.05, 3.63) is 12.5 Å². The maximum absolute atomic E-state index is 4.03. The first-order chi connectivity index (χ1) is 4.47. The maximum Gasteiger partial charge on any atom is 0.136 e. The summed E-state index contributed by atoms with van der Waals surface area (Å²) < 4.78 is 3.05. The van der Waals surface area contributed by atoms with Crippen LogP contribution >= 0.6 is 21.8 Å². The molecule has 0 radical (unpaired) electrons. The zero-order valence-electron chi connectivity index (χ0n) is 4.37. The lowest BCUT2D eigenvalue weighted by Crippen LogP contribution is -1.82. The van der Waals surface area contributed by atoms with Gasteiger partial charge in [-0.05, 0) is 10.8 Å². The lowest BCUT2D eigenvalue weighted by atomic mass is 10.6. The largest absolute Gasteiger partial charge is 0.317 e. The van der Waals surface area contributed by atoms with Crippen molar-refractivity contribution in [2.24, 2.45) is 0 Å². The van der Waals surface area contributed by atoms with Crippen LogP contribution < -0.4 is 4.72 Å². The highest BCUT2D eigenvalue weighted by Crippen LogP contribution is 2.41. The second-order valence-corrected chi connectivity index (χ2v) is 3.43. The van der Waals surface area contributed by atoms with E-state index in [1.807, 2.05) is 0 Å². The van der Waals surface area contributed by atoms with Crippen LogP contribution in [0.3, 0.4) is 0 Å². The van der Waals surface area contributed by atoms with E-state index in [0.29, 0.717) is 0 Å². The summed E-state index contributed by atoms with van der Waals surface area (Å²) in [5, 5.41) is 1.02. The molecule has 0 saturated carbocycles. The minimum Gasteiger partial charge on any atom is -0.317 e. The van der Waals surface area contributed by atoms with Gasteiger partial charge in [0.05, 0.1) is 11.9 Å². The highest BCUT2D eigenvalue weighted by molar-refractivity contribution is 8.77. The van der Waals surface area contributed by atoms with E-state index in [4.69, 9.17) is 0 Å². The second kappa shape index (κ2) is 2.07. The molecule has 0 aromatic carbocycles. The molecule has 1 aliphatic rings. The third-order valence-electron chi connectivity index (χ3n) is 0.948. The average molecular weight is 157 g/mol. The quantitative estimate of drug-likeness (QED) is 0.351. The van der Waals surface area contributed by atoms with E-state index >= 15 is 0 Å². The van der Waals surface area contributed by atoms with Gasteiger partial charge in [0, 0.05) is 11.0 Å². The predicted molar refractivity (Wildman–Crippen MR) is 39.1 cm³/mol. The van der Waals surface area contributed by atoms with Gasteiger partial charge in [0.1, 0.15) is 11.4 Å². The van der Waals surface area contributed by atoms with E-state index in [-0.39, 0.29) is 0 Å². The molecule has 1 aromatic heterocycles. The van der Waals surface area contributed by atoms with Crippen LogP contribution in [-0.2, 0) is 0 Å². The molecule has 0 aliphatic carbocycles. The first kappa shape index (κ1) is 5.37. The molecule has 0 bridgehead atoms. The van der Waals surface area contributed by atoms with Gasteiger partial charge in [-0.15, -0.1) is 0 Å². The molecular formula is C4H3N3S2. The van der Waals surface area contributed by atoms with Gasteiger partial charge >= 0.3 is 0 Å². The molecule has 0 atom stereocenters. The zero-order valence-corrected chi connectivity index (χ0v) is 6.00. The Labute approximate surface area is 60.2 Å². The molecule has 0 saturated heterocycles. The van der Waals surface area contributed by atoms with Crippen LogP contribution in [0.15, 0.2) is 17.6 Å². The minimum atomic E-state index is 1.02. The lowest BCUT2D eigenvalue weighted by Gasteiger charge is -1.89. The Morgan fingerprint density at radius 2 is 2.56 bits per heavy atom. The van der Waals surface area contributed by atoms with Gasteiger partial charge in [0.25, 0.3) is 0 Å². The van der Waals surface area contributed by atoms with Crippen LogP contribution in [-0.4, -0.2) is 9.97 Å². The van der Waals surface area contributed by atoms with Gasteiger partial charge in [0.15, 0.2) is 0 Å². The Morgan fingerprint density at radius 1 is 1.56 bits per heavy atom. The number of hydrogen-bond acceptors (Lipinski definition) is 5. The van der Waals surface area contributed by atoms with Gasteiger partial charge < -0.3 is 4.72 Å². The fourth-order valence-corrected chi connectivity index (χ4v) is 2.30. The van der Waals surface area contributed by atoms with Crippen molar-refractivity contribution < 1.29 is 0 Å². The van der Waals surface area contributed by atoms with Crippen molar-refractivity contribution in [3.63, 3.8) is 0 Å². The van der Waals surface area contributed by atoms with Crippen molar-refractivity contribution in [2.45, 2.75) is 5.03 Å². The molecule has 9 heavy (non-hydrogen) atoms. The van der Waals surface area contributed by atoms with Crippen molar-refractivity contribution in [1.29, 1.82) is 0 Å². The molecule has 2 heterocycles. The summed E-state index contributed by atoms with van der Waals surface area (Å²) in [5.41, 5.74) is 1.02. The maximum atomic E-state index is 4.03. The summed E-state index contributed by atoms with van der Waals surface area (Å²) in [6, 6.07) is 0. The van der Waals surface area contributed by atoms with Crippen LogP contribution in [0.4, 0.5) is 5.69 Å². The molecule has 1 aliphatic heterocycles. The summed E-state index contributed by atoms with van der Waals surface area (Å²) in [4.78, 5) is 7.88. The van der Waals surface area contributed by atoms with Gasteiger partial charge in [-0.25, -0.2) is 9.97 Å². The van der Waals surface area contributed by atoms with Crippen molar-refractivity contribution in [1.82, 2.24) is 9.97 Å². The third-order valence-corrected chi connectivity index (χ3v) is 2.79. The third kappa shape index (κ3) is 0.859. The van der Waals surface area contributed by atoms with Crippen LogP contribution in [0.5, 0.6) is 0 Å². The number of hydrogen-bond donors (Lipinski definition) is 1. The molecule has 1 N–H and O–H groups in total. The Kier molecular flexibility index (Phi) is 1.24. The first-order valence-electron chi connectivity index (χ1n) is 2.36. The van der Waals surface area contributed by atoms with E-state index in [9.17, 15) is 0 Å². The topological polar surface area (TPSA) is 37.8 Å². The molecule has 46 valence electrons. The smallest absolute Gasteiger partial charge is 0.136 e. The van der Waals surface area contributed by atoms with Gasteiger partial charge in [-0.2, -0.15) is 0 Å². The van der Waals surface area contributed by atoms with Crippen LogP contribution in [0.2, 0.25) is 0 Å². The number of nitrogens with one attached hydrogen (secondary N) is 1. The number of aromatic nitrogens is 2. The molecule has 0 fully saturated rings. The standard InChI is InChI=1S/C4H3N3S2/c1-3-4(6-2-5-1)8-9-7-3/h1-2,7H. The molecular weight excluding hydrogens is 154 g/mol. The second-order valence-electron chi connectivity index (χ2n) is 1.51. The average Bonchev–Trinajstić information content (AvgIpc) is 2.33. The van der Waals surface area contributed by atoms with Crippen LogP contribution in [0.1, 0.15) is 0 Å². The molecule has 1 aromatic rings. The molecule has 2 rings (SSSR count). The van der Waals surface area contributed by atoms with Crippen LogP contribution in [0.25, 0.3) is 0 Å². The Bertz CT molecular complexity index is 204. The Hall–Kier alpha value is -0.420.